The number of nitrogens with zero attached hydrogens (tertiary/aromatic N) is 3. The number of hydrogen-bond acceptors (Lipinski definition) is 8. The van der Waals surface area contributed by atoms with Crippen molar-refractivity contribution in [1.29, 1.82) is 15.8 Å². The van der Waals surface area contributed by atoms with Gasteiger partial charge >= 0.3 is 5.97 Å². The summed E-state index contributed by atoms with van der Waals surface area (Å²) >= 11 is 0. The summed E-state index contributed by atoms with van der Waals surface area (Å²) in [4.78, 5) is 11.2. The largest absolute Gasteiger partial charge is 0.469 e. The zero-order valence-corrected chi connectivity index (χ0v) is 22.5. The number of ether oxygens (including phenoxy) is 4. The lowest BCUT2D eigenvalue weighted by molar-refractivity contribution is -0.140. The van der Waals surface area contributed by atoms with E-state index < -0.39 is 0 Å². The zero-order valence-electron chi connectivity index (χ0n) is 22.5. The maximum Gasteiger partial charge on any atom is 0.305 e. The molecule has 0 N–H and O–H groups in total. The van der Waals surface area contributed by atoms with Gasteiger partial charge in [0.25, 0.3) is 0 Å². The van der Waals surface area contributed by atoms with Crippen LogP contribution in [0.4, 0.5) is 0 Å². The highest BCUT2D eigenvalue weighted by Crippen LogP contribution is 2.23. The van der Waals surface area contributed by atoms with Crippen molar-refractivity contribution >= 4 is 5.97 Å². The van der Waals surface area contributed by atoms with E-state index in [0.29, 0.717) is 51.9 Å². The minimum atomic E-state index is -0.241. The SMILES string of the molecule is CCCCCCC(CC(OCCC#N)C(CCCCCCCC(=O)OC)OCCC#N)OCCC#N. The standard InChI is InChI=1S/C28H47N3O5/c1-3-4-5-9-15-25(34-21-12-18-29)24-27(36-23-14-20-31)26(35-22-13-19-30)16-10-7-6-8-11-17-28(32)33-2/h25-27H,3-17,21-24H2,1-2H3. The monoisotopic (exact) mass is 505 g/mol. The van der Waals surface area contributed by atoms with E-state index in [1.165, 1.54) is 13.5 Å². The van der Waals surface area contributed by atoms with Crippen LogP contribution < -0.4 is 0 Å². The average molecular weight is 506 g/mol. The molecule has 0 aliphatic carbocycles. The molecule has 0 bridgehead atoms. The third-order valence-corrected chi connectivity index (χ3v) is 6.05. The molecular weight excluding hydrogens is 458 g/mol. The molecule has 3 atom stereocenters. The van der Waals surface area contributed by atoms with E-state index in [2.05, 4.69) is 29.9 Å². The molecule has 8 heteroatoms. The van der Waals surface area contributed by atoms with Gasteiger partial charge in [0.15, 0.2) is 0 Å². The van der Waals surface area contributed by atoms with Crippen LogP contribution in [0.1, 0.15) is 110 Å². The van der Waals surface area contributed by atoms with E-state index in [1.807, 2.05) is 0 Å². The number of nitriles is 3. The first kappa shape index (κ1) is 33.8. The number of rotatable bonds is 25. The van der Waals surface area contributed by atoms with E-state index in [4.69, 9.17) is 30.0 Å². The van der Waals surface area contributed by atoms with E-state index in [0.717, 1.165) is 64.2 Å². The van der Waals surface area contributed by atoms with Crippen LogP contribution in [0.3, 0.4) is 0 Å². The van der Waals surface area contributed by atoms with Gasteiger partial charge in [0.2, 0.25) is 0 Å². The number of methoxy groups -OCH3 is 1. The molecule has 0 fully saturated rings. The third kappa shape index (κ3) is 20.1. The number of unbranched alkanes of at least 4 members (excludes halogenated alkanes) is 7. The molecule has 36 heavy (non-hydrogen) atoms. The lowest BCUT2D eigenvalue weighted by Gasteiger charge is -2.30. The molecule has 0 aliphatic rings. The predicted octanol–water partition coefficient (Wildman–Crippen LogP) is 6.15. The third-order valence-electron chi connectivity index (χ3n) is 6.05. The van der Waals surface area contributed by atoms with Gasteiger partial charge in [-0.15, -0.1) is 0 Å². The van der Waals surface area contributed by atoms with Gasteiger partial charge in [-0.1, -0.05) is 58.3 Å². The fraction of sp³-hybridized carbons (Fsp3) is 0.857. The summed E-state index contributed by atoms with van der Waals surface area (Å²) in [6.45, 7) is 3.25. The quantitative estimate of drug-likeness (QED) is 0.107. The molecule has 0 aromatic heterocycles. The van der Waals surface area contributed by atoms with Gasteiger partial charge in [0.1, 0.15) is 0 Å². The van der Waals surface area contributed by atoms with Crippen molar-refractivity contribution in [2.24, 2.45) is 0 Å². The summed E-state index contributed by atoms with van der Waals surface area (Å²) in [5, 5.41) is 26.9. The van der Waals surface area contributed by atoms with Crippen molar-refractivity contribution in [2.75, 3.05) is 26.9 Å². The lowest BCUT2D eigenvalue weighted by atomic mass is 9.97. The Morgan fingerprint density at radius 1 is 0.694 bits per heavy atom. The Morgan fingerprint density at radius 2 is 1.22 bits per heavy atom. The Balaban J connectivity index is 5.07. The van der Waals surface area contributed by atoms with Crippen LogP contribution in [0.25, 0.3) is 0 Å². The zero-order chi connectivity index (χ0) is 26.7. The maximum atomic E-state index is 11.2. The predicted molar refractivity (Wildman–Crippen MR) is 138 cm³/mol. The van der Waals surface area contributed by atoms with E-state index in [1.54, 1.807) is 0 Å². The molecule has 0 rings (SSSR count). The van der Waals surface area contributed by atoms with E-state index in [-0.39, 0.29) is 24.3 Å². The molecule has 0 saturated carbocycles. The molecule has 0 saturated heterocycles. The molecule has 0 aliphatic heterocycles. The highest BCUT2D eigenvalue weighted by molar-refractivity contribution is 5.68. The maximum absolute atomic E-state index is 11.2. The van der Waals surface area contributed by atoms with E-state index in [9.17, 15) is 4.79 Å². The molecule has 204 valence electrons. The van der Waals surface area contributed by atoms with Gasteiger partial charge in [0, 0.05) is 12.8 Å². The Hall–Kier alpha value is -2.18. The molecule has 8 nitrogen and oxygen atoms in total. The van der Waals surface area contributed by atoms with Crippen molar-refractivity contribution in [3.63, 3.8) is 0 Å². The van der Waals surface area contributed by atoms with Crippen LogP contribution in [0, 0.1) is 34.0 Å². The summed E-state index contributed by atoms with van der Waals surface area (Å²) in [5.41, 5.74) is 0. The highest BCUT2D eigenvalue weighted by Gasteiger charge is 2.27. The van der Waals surface area contributed by atoms with Crippen LogP contribution >= 0.6 is 0 Å². The topological polar surface area (TPSA) is 125 Å². The molecule has 0 aromatic carbocycles. The van der Waals surface area contributed by atoms with Gasteiger partial charge in [-0.05, 0) is 19.3 Å². The molecule has 0 spiro atoms. The van der Waals surface area contributed by atoms with Gasteiger partial charge in [0.05, 0.1) is 82.7 Å². The molecule has 0 heterocycles. The Bertz CT molecular complexity index is 653. The number of carbonyl (C=O) groups excluding carboxylic acids is 1. The van der Waals surface area contributed by atoms with Crippen LogP contribution in [0.2, 0.25) is 0 Å². The smallest absolute Gasteiger partial charge is 0.305 e. The first-order valence-corrected chi connectivity index (χ1v) is 13.6. The fourth-order valence-corrected chi connectivity index (χ4v) is 4.06. The Labute approximate surface area is 218 Å². The minimum absolute atomic E-state index is 0.0392. The normalized spacial score (nSPS) is 13.2. The molecule has 0 radical (unpaired) electrons. The lowest BCUT2D eigenvalue weighted by Crippen LogP contribution is -2.36. The Morgan fingerprint density at radius 3 is 1.83 bits per heavy atom. The van der Waals surface area contributed by atoms with Gasteiger partial charge < -0.3 is 18.9 Å². The van der Waals surface area contributed by atoms with Crippen molar-refractivity contribution in [3.8, 4) is 18.2 Å². The number of esters is 1. The molecule has 3 unspecified atom stereocenters. The molecular formula is C28H47N3O5. The first-order valence-electron chi connectivity index (χ1n) is 13.6. The highest BCUT2D eigenvalue weighted by atomic mass is 16.5. The fourth-order valence-electron chi connectivity index (χ4n) is 4.06. The van der Waals surface area contributed by atoms with Gasteiger partial charge in [-0.2, -0.15) is 15.8 Å². The van der Waals surface area contributed by atoms with Gasteiger partial charge in [-0.25, -0.2) is 0 Å². The summed E-state index contributed by atoms with van der Waals surface area (Å²) in [6.07, 6.45) is 12.6. The number of hydrogen-bond donors (Lipinski definition) is 0. The summed E-state index contributed by atoms with van der Waals surface area (Å²) in [7, 11) is 1.41. The molecule has 0 amide bonds. The number of carbonyl (C=O) groups is 1. The van der Waals surface area contributed by atoms with Crippen LogP contribution in [0.15, 0.2) is 0 Å². The second-order valence-corrected chi connectivity index (χ2v) is 9.00. The summed E-state index contributed by atoms with van der Waals surface area (Å²) in [6, 6.07) is 6.40. The van der Waals surface area contributed by atoms with Crippen LogP contribution in [-0.2, 0) is 23.7 Å². The second-order valence-electron chi connectivity index (χ2n) is 9.00. The average Bonchev–Trinajstić information content (AvgIpc) is 2.88. The molecule has 0 aromatic rings. The van der Waals surface area contributed by atoms with Crippen LogP contribution in [0.5, 0.6) is 0 Å². The summed E-state index contributed by atoms with van der Waals surface area (Å²) in [5.74, 6) is -0.167. The second kappa shape index (κ2) is 25.9. The van der Waals surface area contributed by atoms with Gasteiger partial charge in [-0.3, -0.25) is 4.79 Å². The summed E-state index contributed by atoms with van der Waals surface area (Å²) < 4.78 is 23.0. The van der Waals surface area contributed by atoms with Crippen molar-refractivity contribution in [1.82, 2.24) is 0 Å². The van der Waals surface area contributed by atoms with Crippen molar-refractivity contribution < 1.29 is 23.7 Å². The van der Waals surface area contributed by atoms with Crippen molar-refractivity contribution in [3.05, 3.63) is 0 Å². The van der Waals surface area contributed by atoms with E-state index >= 15 is 0 Å². The minimum Gasteiger partial charge on any atom is -0.469 e. The van der Waals surface area contributed by atoms with Crippen LogP contribution in [-0.4, -0.2) is 51.2 Å². The van der Waals surface area contributed by atoms with Crippen molar-refractivity contribution in [2.45, 2.75) is 128 Å². The Kier molecular flexibility index (Phi) is 24.3. The first-order chi connectivity index (χ1) is 17.6.